The van der Waals surface area contributed by atoms with E-state index in [1.807, 2.05) is 13.8 Å². The highest BCUT2D eigenvalue weighted by atomic mass is 79.9. The summed E-state index contributed by atoms with van der Waals surface area (Å²) in [6.45, 7) is 4.21. The van der Waals surface area contributed by atoms with E-state index in [1.165, 1.54) is 24.5 Å². The van der Waals surface area contributed by atoms with Gasteiger partial charge in [0.05, 0.1) is 11.6 Å². The van der Waals surface area contributed by atoms with Crippen molar-refractivity contribution in [2.75, 3.05) is 20.7 Å². The van der Waals surface area contributed by atoms with E-state index >= 15 is 0 Å². The van der Waals surface area contributed by atoms with Gasteiger partial charge >= 0.3 is 0 Å². The van der Waals surface area contributed by atoms with E-state index in [2.05, 4.69) is 15.9 Å². The van der Waals surface area contributed by atoms with Crippen LogP contribution in [0.25, 0.3) is 0 Å². The van der Waals surface area contributed by atoms with Crippen LogP contribution in [0.3, 0.4) is 0 Å². The van der Waals surface area contributed by atoms with Crippen molar-refractivity contribution in [1.29, 1.82) is 0 Å². The minimum atomic E-state index is -3.85. The number of hydrogen-bond acceptors (Lipinski definition) is 4. The van der Waals surface area contributed by atoms with Crippen LogP contribution in [0.1, 0.15) is 20.3 Å². The number of ether oxygens (including phenoxy) is 1. The van der Waals surface area contributed by atoms with Crippen LogP contribution in [0, 0.1) is 11.7 Å². The molecule has 0 bridgehead atoms. The highest BCUT2D eigenvalue weighted by molar-refractivity contribution is 9.10. The lowest BCUT2D eigenvalue weighted by atomic mass is 10.0. The van der Waals surface area contributed by atoms with Crippen LogP contribution < -0.4 is 10.5 Å². The largest absolute Gasteiger partial charge is 0.495 e. The summed E-state index contributed by atoms with van der Waals surface area (Å²) in [5, 5.41) is 0. The third-order valence-electron chi connectivity index (χ3n) is 3.53. The lowest BCUT2D eigenvalue weighted by Gasteiger charge is -2.22. The summed E-state index contributed by atoms with van der Waals surface area (Å²) in [4.78, 5) is -0.198. The number of methoxy groups -OCH3 is 1. The second-order valence-electron chi connectivity index (χ2n) is 5.44. The molecule has 1 aromatic carbocycles. The molecule has 1 aromatic rings. The predicted octanol–water partition coefficient (Wildman–Crippen LogP) is 3.01. The zero-order valence-corrected chi connectivity index (χ0v) is 16.8. The van der Waals surface area contributed by atoms with Gasteiger partial charge in [-0.1, -0.05) is 13.8 Å². The first-order chi connectivity index (χ1) is 10.1. The standard InChI is InChI=1S/C14H22BrFN2O3S.ClH/c1-9(2)12(17)5-6-18(3)22(19,20)14-8-11(16)10(15)7-13(14)21-4;/h7-9,12H,5-6,17H2,1-4H3;1H. The fourth-order valence-electron chi connectivity index (χ4n) is 1.82. The molecule has 0 saturated heterocycles. The van der Waals surface area contributed by atoms with Gasteiger partial charge in [0.2, 0.25) is 10.0 Å². The molecule has 0 aromatic heterocycles. The highest BCUT2D eigenvalue weighted by Gasteiger charge is 2.27. The van der Waals surface area contributed by atoms with Gasteiger partial charge in [-0.3, -0.25) is 0 Å². The summed E-state index contributed by atoms with van der Waals surface area (Å²) < 4.78 is 45.2. The number of nitrogens with zero attached hydrogens (tertiary/aromatic N) is 1. The fraction of sp³-hybridized carbons (Fsp3) is 0.571. The average Bonchev–Trinajstić information content (AvgIpc) is 2.46. The molecule has 0 saturated carbocycles. The molecule has 0 aliphatic carbocycles. The van der Waals surface area contributed by atoms with Crippen LogP contribution in [-0.2, 0) is 10.0 Å². The van der Waals surface area contributed by atoms with Gasteiger partial charge in [-0.15, -0.1) is 12.4 Å². The van der Waals surface area contributed by atoms with Gasteiger partial charge in [-0.05, 0) is 40.4 Å². The summed E-state index contributed by atoms with van der Waals surface area (Å²) in [7, 11) is -1.06. The van der Waals surface area contributed by atoms with Gasteiger partial charge in [0, 0.05) is 19.6 Å². The molecule has 134 valence electrons. The summed E-state index contributed by atoms with van der Waals surface area (Å²) in [5.74, 6) is -0.310. The quantitative estimate of drug-likeness (QED) is 0.717. The average molecular weight is 434 g/mol. The molecule has 0 fully saturated rings. The molecule has 0 radical (unpaired) electrons. The minimum Gasteiger partial charge on any atom is -0.495 e. The SMILES string of the molecule is COc1cc(Br)c(F)cc1S(=O)(=O)N(C)CCC(N)C(C)C.Cl. The second-order valence-corrected chi connectivity index (χ2v) is 8.31. The molecule has 0 aliphatic rings. The molecular weight excluding hydrogens is 411 g/mol. The third kappa shape index (κ3) is 5.56. The normalized spacial score (nSPS) is 13.1. The lowest BCUT2D eigenvalue weighted by Crippen LogP contribution is -2.34. The molecule has 2 N–H and O–H groups in total. The summed E-state index contributed by atoms with van der Waals surface area (Å²) in [6.07, 6.45) is 0.523. The zero-order valence-electron chi connectivity index (χ0n) is 13.5. The molecular formula is C14H23BrClFN2O3S. The van der Waals surface area contributed by atoms with Crippen molar-refractivity contribution in [1.82, 2.24) is 4.31 Å². The number of hydrogen-bond donors (Lipinski definition) is 1. The molecule has 9 heteroatoms. The number of rotatable bonds is 7. The number of halogens is 3. The maximum Gasteiger partial charge on any atom is 0.246 e. The molecule has 0 spiro atoms. The van der Waals surface area contributed by atoms with E-state index in [0.29, 0.717) is 6.42 Å². The molecule has 0 heterocycles. The van der Waals surface area contributed by atoms with Crippen LogP contribution in [-0.4, -0.2) is 39.5 Å². The van der Waals surface area contributed by atoms with Crippen molar-refractivity contribution in [2.45, 2.75) is 31.2 Å². The Kier molecular flexibility index (Phi) is 9.01. The van der Waals surface area contributed by atoms with Crippen molar-refractivity contribution < 1.29 is 17.5 Å². The van der Waals surface area contributed by atoms with Crippen molar-refractivity contribution >= 4 is 38.4 Å². The van der Waals surface area contributed by atoms with Gasteiger partial charge < -0.3 is 10.5 Å². The van der Waals surface area contributed by atoms with Gasteiger partial charge in [-0.2, -0.15) is 0 Å². The summed E-state index contributed by atoms with van der Waals surface area (Å²) in [6, 6.07) is 2.16. The second kappa shape index (κ2) is 9.17. The molecule has 1 rings (SSSR count). The number of sulfonamides is 1. The molecule has 0 amide bonds. The van der Waals surface area contributed by atoms with E-state index in [9.17, 15) is 12.8 Å². The smallest absolute Gasteiger partial charge is 0.246 e. The van der Waals surface area contributed by atoms with Gasteiger partial charge in [-0.25, -0.2) is 17.1 Å². The summed E-state index contributed by atoms with van der Waals surface area (Å²) in [5.41, 5.74) is 5.93. The Morgan fingerprint density at radius 1 is 1.39 bits per heavy atom. The predicted molar refractivity (Wildman–Crippen MR) is 95.1 cm³/mol. The first kappa shape index (κ1) is 22.6. The van der Waals surface area contributed by atoms with Gasteiger partial charge in [0.1, 0.15) is 16.5 Å². The van der Waals surface area contributed by atoms with Crippen molar-refractivity contribution in [3.8, 4) is 5.75 Å². The first-order valence-corrected chi connectivity index (χ1v) is 9.09. The number of benzene rings is 1. The lowest BCUT2D eigenvalue weighted by molar-refractivity contribution is 0.384. The number of nitrogens with two attached hydrogens (primary N) is 1. The Bertz CT molecular complexity index is 629. The van der Waals surface area contributed by atoms with Crippen LogP contribution in [0.5, 0.6) is 5.75 Å². The van der Waals surface area contributed by atoms with E-state index in [1.54, 1.807) is 0 Å². The molecule has 0 aliphatic heterocycles. The van der Waals surface area contributed by atoms with E-state index in [4.69, 9.17) is 10.5 Å². The van der Waals surface area contributed by atoms with Gasteiger partial charge in [0.15, 0.2) is 0 Å². The Balaban J connectivity index is 0.00000484. The third-order valence-corrected chi connectivity index (χ3v) is 6.01. The van der Waals surface area contributed by atoms with Crippen molar-refractivity contribution in [3.63, 3.8) is 0 Å². The topological polar surface area (TPSA) is 72.6 Å². The molecule has 5 nitrogen and oxygen atoms in total. The Morgan fingerprint density at radius 3 is 2.43 bits per heavy atom. The van der Waals surface area contributed by atoms with E-state index in [0.717, 1.165) is 6.07 Å². The molecule has 1 unspecified atom stereocenters. The van der Waals surface area contributed by atoms with E-state index < -0.39 is 15.8 Å². The van der Waals surface area contributed by atoms with Crippen LogP contribution in [0.2, 0.25) is 0 Å². The molecule has 1 atom stereocenters. The van der Waals surface area contributed by atoms with Crippen LogP contribution in [0.15, 0.2) is 21.5 Å². The maximum absolute atomic E-state index is 13.7. The van der Waals surface area contributed by atoms with Crippen molar-refractivity contribution in [3.05, 3.63) is 22.4 Å². The fourth-order valence-corrected chi connectivity index (χ4v) is 3.48. The van der Waals surface area contributed by atoms with Crippen LogP contribution in [0.4, 0.5) is 4.39 Å². The maximum atomic E-state index is 13.7. The monoisotopic (exact) mass is 432 g/mol. The summed E-state index contributed by atoms with van der Waals surface area (Å²) >= 11 is 3.01. The zero-order chi connectivity index (χ0) is 17.1. The first-order valence-electron chi connectivity index (χ1n) is 6.86. The minimum absolute atomic E-state index is 0. The Morgan fingerprint density at radius 2 is 1.96 bits per heavy atom. The Labute approximate surface area is 152 Å². The van der Waals surface area contributed by atoms with E-state index in [-0.39, 0.29) is 46.0 Å². The molecule has 23 heavy (non-hydrogen) atoms. The Hall–Kier alpha value is -0.410. The highest BCUT2D eigenvalue weighted by Crippen LogP contribution is 2.31. The van der Waals surface area contributed by atoms with Crippen molar-refractivity contribution in [2.24, 2.45) is 11.7 Å². The van der Waals surface area contributed by atoms with Gasteiger partial charge in [0.25, 0.3) is 0 Å². The van der Waals surface area contributed by atoms with Crippen LogP contribution >= 0.6 is 28.3 Å².